The van der Waals surface area contributed by atoms with Crippen molar-refractivity contribution in [1.82, 2.24) is 0 Å². The Hall–Kier alpha value is -0.0400. The zero-order chi connectivity index (χ0) is 9.61. The summed E-state index contributed by atoms with van der Waals surface area (Å²) in [6, 6.07) is 0. The molecule has 0 aromatic heterocycles. The van der Waals surface area contributed by atoms with E-state index in [1.54, 1.807) is 0 Å². The third kappa shape index (κ3) is 4.76. The molecule has 0 saturated heterocycles. The van der Waals surface area contributed by atoms with E-state index in [1.807, 2.05) is 0 Å². The fraction of sp³-hybridized carbons (Fsp3) is 1.00. The van der Waals surface area contributed by atoms with Crippen LogP contribution in [0.4, 0.5) is 0 Å². The van der Waals surface area contributed by atoms with E-state index in [9.17, 15) is 0 Å². The highest BCUT2D eigenvalue weighted by Gasteiger charge is 2.19. The van der Waals surface area contributed by atoms with Gasteiger partial charge < -0.3 is 5.11 Å². The van der Waals surface area contributed by atoms with Crippen molar-refractivity contribution in [1.29, 1.82) is 0 Å². The minimum atomic E-state index is 0.175. The number of aliphatic hydroxyl groups excluding tert-OH is 1. The standard InChI is InChI=1S/C11H24O/c1-5-11(4,9-12)8-6-7-10(2)3/h10,12H,5-9H2,1-4H3. The molecule has 1 nitrogen and oxygen atoms in total. The van der Waals surface area contributed by atoms with Gasteiger partial charge >= 0.3 is 0 Å². The van der Waals surface area contributed by atoms with Crippen molar-refractivity contribution >= 4 is 0 Å². The molecule has 0 heterocycles. The van der Waals surface area contributed by atoms with E-state index >= 15 is 0 Å². The van der Waals surface area contributed by atoms with Gasteiger partial charge in [0.25, 0.3) is 0 Å². The molecular weight excluding hydrogens is 148 g/mol. The van der Waals surface area contributed by atoms with Crippen LogP contribution in [0.3, 0.4) is 0 Å². The van der Waals surface area contributed by atoms with Gasteiger partial charge in [0.1, 0.15) is 0 Å². The summed E-state index contributed by atoms with van der Waals surface area (Å²) in [5.74, 6) is 0.796. The number of hydrogen-bond acceptors (Lipinski definition) is 1. The van der Waals surface area contributed by atoms with Crippen molar-refractivity contribution in [3.8, 4) is 0 Å². The van der Waals surface area contributed by atoms with Crippen molar-refractivity contribution in [2.45, 2.75) is 53.4 Å². The third-order valence-corrected chi connectivity index (χ3v) is 2.80. The lowest BCUT2D eigenvalue weighted by atomic mass is 9.82. The molecule has 1 atom stereocenters. The molecule has 0 aliphatic carbocycles. The third-order valence-electron chi connectivity index (χ3n) is 2.80. The van der Waals surface area contributed by atoms with Crippen LogP contribution < -0.4 is 0 Å². The number of aliphatic hydroxyl groups is 1. The Morgan fingerprint density at radius 3 is 2.25 bits per heavy atom. The van der Waals surface area contributed by atoms with E-state index < -0.39 is 0 Å². The summed E-state index contributed by atoms with van der Waals surface area (Å²) < 4.78 is 0. The van der Waals surface area contributed by atoms with E-state index in [0.717, 1.165) is 18.8 Å². The Bertz CT molecular complexity index is 104. The molecule has 0 fully saturated rings. The minimum absolute atomic E-state index is 0.175. The molecule has 1 unspecified atom stereocenters. The first-order valence-electron chi connectivity index (χ1n) is 5.15. The summed E-state index contributed by atoms with van der Waals surface area (Å²) >= 11 is 0. The van der Waals surface area contributed by atoms with Gasteiger partial charge in [-0.05, 0) is 24.2 Å². The van der Waals surface area contributed by atoms with Gasteiger partial charge in [-0.15, -0.1) is 0 Å². The van der Waals surface area contributed by atoms with Crippen molar-refractivity contribution in [3.63, 3.8) is 0 Å². The Morgan fingerprint density at radius 2 is 1.92 bits per heavy atom. The molecule has 0 spiro atoms. The molecule has 0 aromatic carbocycles. The van der Waals surface area contributed by atoms with E-state index in [2.05, 4.69) is 27.7 Å². The summed E-state index contributed by atoms with van der Waals surface area (Å²) in [6.45, 7) is 9.17. The van der Waals surface area contributed by atoms with Crippen molar-refractivity contribution in [2.75, 3.05) is 6.61 Å². The summed E-state index contributed by atoms with van der Waals surface area (Å²) in [5, 5.41) is 9.15. The second-order valence-corrected chi connectivity index (χ2v) is 4.61. The maximum absolute atomic E-state index is 9.15. The first-order valence-corrected chi connectivity index (χ1v) is 5.15. The molecule has 1 N–H and O–H groups in total. The largest absolute Gasteiger partial charge is 0.396 e. The highest BCUT2D eigenvalue weighted by Crippen LogP contribution is 2.27. The van der Waals surface area contributed by atoms with E-state index in [4.69, 9.17) is 5.11 Å². The molecule has 0 rings (SSSR count). The predicted molar refractivity (Wildman–Crippen MR) is 54.2 cm³/mol. The molecule has 74 valence electrons. The molecule has 0 saturated carbocycles. The van der Waals surface area contributed by atoms with Crippen molar-refractivity contribution in [2.24, 2.45) is 11.3 Å². The van der Waals surface area contributed by atoms with Crippen LogP contribution in [0.25, 0.3) is 0 Å². The van der Waals surface area contributed by atoms with Crippen LogP contribution >= 0.6 is 0 Å². The highest BCUT2D eigenvalue weighted by molar-refractivity contribution is 4.71. The second-order valence-electron chi connectivity index (χ2n) is 4.61. The topological polar surface area (TPSA) is 20.2 Å². The van der Waals surface area contributed by atoms with Crippen LogP contribution in [0.2, 0.25) is 0 Å². The van der Waals surface area contributed by atoms with Crippen LogP contribution in [0.1, 0.15) is 53.4 Å². The molecule has 1 heteroatoms. The molecule has 0 radical (unpaired) electrons. The fourth-order valence-corrected chi connectivity index (χ4v) is 1.30. The average Bonchev–Trinajstić information content (AvgIpc) is 2.03. The zero-order valence-corrected chi connectivity index (χ0v) is 9.06. The SMILES string of the molecule is CCC(C)(CO)CCCC(C)C. The second kappa shape index (κ2) is 5.58. The van der Waals surface area contributed by atoms with Crippen LogP contribution in [-0.4, -0.2) is 11.7 Å². The maximum atomic E-state index is 9.15. The van der Waals surface area contributed by atoms with E-state index in [0.29, 0.717) is 6.61 Å². The Labute approximate surface area is 77.2 Å². The van der Waals surface area contributed by atoms with Gasteiger partial charge in [-0.25, -0.2) is 0 Å². The van der Waals surface area contributed by atoms with Crippen LogP contribution in [0, 0.1) is 11.3 Å². The molecule has 0 aliphatic heterocycles. The van der Waals surface area contributed by atoms with E-state index in [1.165, 1.54) is 12.8 Å². The molecule has 0 bridgehead atoms. The normalized spacial score (nSPS) is 16.5. The van der Waals surface area contributed by atoms with Gasteiger partial charge in [0.15, 0.2) is 0 Å². The first-order chi connectivity index (χ1) is 5.54. The van der Waals surface area contributed by atoms with Crippen LogP contribution in [0.5, 0.6) is 0 Å². The van der Waals surface area contributed by atoms with Crippen LogP contribution in [-0.2, 0) is 0 Å². The monoisotopic (exact) mass is 172 g/mol. The molecule has 12 heavy (non-hydrogen) atoms. The van der Waals surface area contributed by atoms with Gasteiger partial charge in [0.2, 0.25) is 0 Å². The predicted octanol–water partition coefficient (Wildman–Crippen LogP) is 3.22. The smallest absolute Gasteiger partial charge is 0.0484 e. The Morgan fingerprint density at radius 1 is 1.33 bits per heavy atom. The van der Waals surface area contributed by atoms with Gasteiger partial charge in [-0.2, -0.15) is 0 Å². The quantitative estimate of drug-likeness (QED) is 0.652. The summed E-state index contributed by atoms with van der Waals surface area (Å²) in [5.41, 5.74) is 0.175. The lowest BCUT2D eigenvalue weighted by molar-refractivity contribution is 0.124. The molecule has 0 amide bonds. The number of hydrogen-bond donors (Lipinski definition) is 1. The van der Waals surface area contributed by atoms with Gasteiger partial charge in [0, 0.05) is 6.61 Å². The molecule has 0 aliphatic rings. The number of rotatable bonds is 6. The summed E-state index contributed by atoms with van der Waals surface area (Å²) in [7, 11) is 0. The summed E-state index contributed by atoms with van der Waals surface area (Å²) in [6.07, 6.45) is 4.79. The minimum Gasteiger partial charge on any atom is -0.396 e. The zero-order valence-electron chi connectivity index (χ0n) is 9.06. The van der Waals surface area contributed by atoms with Crippen LogP contribution in [0.15, 0.2) is 0 Å². The van der Waals surface area contributed by atoms with Gasteiger partial charge in [-0.1, -0.05) is 40.5 Å². The highest BCUT2D eigenvalue weighted by atomic mass is 16.3. The van der Waals surface area contributed by atoms with Gasteiger partial charge in [0.05, 0.1) is 0 Å². The maximum Gasteiger partial charge on any atom is 0.0484 e. The lowest BCUT2D eigenvalue weighted by Crippen LogP contribution is -2.20. The molecular formula is C11H24O. The first kappa shape index (κ1) is 12.0. The van der Waals surface area contributed by atoms with Crippen molar-refractivity contribution in [3.05, 3.63) is 0 Å². The summed E-state index contributed by atoms with van der Waals surface area (Å²) in [4.78, 5) is 0. The van der Waals surface area contributed by atoms with Crippen molar-refractivity contribution < 1.29 is 5.11 Å². The molecule has 0 aromatic rings. The van der Waals surface area contributed by atoms with Gasteiger partial charge in [-0.3, -0.25) is 0 Å². The Balaban J connectivity index is 3.58. The Kier molecular flexibility index (Phi) is 5.56. The lowest BCUT2D eigenvalue weighted by Gasteiger charge is -2.25. The van der Waals surface area contributed by atoms with E-state index in [-0.39, 0.29) is 5.41 Å². The fourth-order valence-electron chi connectivity index (χ4n) is 1.30. The average molecular weight is 172 g/mol.